The number of ether oxygens (including phenoxy) is 2. The minimum Gasteiger partial charge on any atom is -0.493 e. The standard InChI is InChI=1S/C21H28N4O5S/c1-29-18-8-7-17(16-19(18)30-2)21(26)23-10-5-15-31(27,28)25-13-11-24(12-14-25)20-6-3-4-9-22-20/h3-4,6-9,16H,5,10-15H2,1-2H3,(H,23,26). The molecule has 3 rings (SSSR count). The van der Waals surface area contributed by atoms with Gasteiger partial charge in [-0.1, -0.05) is 6.07 Å². The molecule has 31 heavy (non-hydrogen) atoms. The van der Waals surface area contributed by atoms with Gasteiger partial charge in [0, 0.05) is 44.5 Å². The molecule has 1 N–H and O–H groups in total. The van der Waals surface area contributed by atoms with Gasteiger partial charge in [-0.25, -0.2) is 13.4 Å². The monoisotopic (exact) mass is 448 g/mol. The predicted octanol–water partition coefficient (Wildman–Crippen LogP) is 1.37. The van der Waals surface area contributed by atoms with Crippen LogP contribution in [0.3, 0.4) is 0 Å². The molecule has 0 aliphatic carbocycles. The maximum atomic E-state index is 12.6. The van der Waals surface area contributed by atoms with Crippen molar-refractivity contribution >= 4 is 21.7 Å². The molecule has 0 radical (unpaired) electrons. The number of hydrogen-bond acceptors (Lipinski definition) is 7. The smallest absolute Gasteiger partial charge is 0.251 e. The van der Waals surface area contributed by atoms with Crippen molar-refractivity contribution in [3.63, 3.8) is 0 Å². The number of amides is 1. The lowest BCUT2D eigenvalue weighted by Gasteiger charge is -2.34. The van der Waals surface area contributed by atoms with Gasteiger partial charge in [0.1, 0.15) is 5.82 Å². The summed E-state index contributed by atoms with van der Waals surface area (Å²) in [5.41, 5.74) is 0.422. The van der Waals surface area contributed by atoms with E-state index in [0.717, 1.165) is 5.82 Å². The highest BCUT2D eigenvalue weighted by atomic mass is 32.2. The van der Waals surface area contributed by atoms with Crippen molar-refractivity contribution in [1.29, 1.82) is 0 Å². The van der Waals surface area contributed by atoms with E-state index in [1.807, 2.05) is 18.2 Å². The molecule has 1 amide bonds. The Bertz CT molecular complexity index is 977. The van der Waals surface area contributed by atoms with E-state index < -0.39 is 10.0 Å². The molecule has 1 saturated heterocycles. The Hall–Kier alpha value is -2.85. The summed E-state index contributed by atoms with van der Waals surface area (Å²) in [5.74, 6) is 1.55. The van der Waals surface area contributed by atoms with E-state index in [1.54, 1.807) is 24.4 Å². The third-order valence-corrected chi connectivity index (χ3v) is 7.07. The highest BCUT2D eigenvalue weighted by molar-refractivity contribution is 7.89. The van der Waals surface area contributed by atoms with E-state index in [4.69, 9.17) is 9.47 Å². The molecule has 0 atom stereocenters. The van der Waals surface area contributed by atoms with Crippen LogP contribution in [-0.2, 0) is 10.0 Å². The van der Waals surface area contributed by atoms with Crippen molar-refractivity contribution in [2.45, 2.75) is 6.42 Å². The molecule has 1 aromatic carbocycles. The fourth-order valence-corrected chi connectivity index (χ4v) is 4.89. The molecule has 1 aliphatic rings. The number of carbonyl (C=O) groups excluding carboxylic acids is 1. The van der Waals surface area contributed by atoms with E-state index in [1.165, 1.54) is 18.5 Å². The summed E-state index contributed by atoms with van der Waals surface area (Å²) in [7, 11) is -0.348. The molecule has 0 unspecified atom stereocenters. The second kappa shape index (κ2) is 10.5. The zero-order chi connectivity index (χ0) is 22.3. The lowest BCUT2D eigenvalue weighted by atomic mass is 10.2. The van der Waals surface area contributed by atoms with Crippen molar-refractivity contribution in [3.05, 3.63) is 48.2 Å². The number of aromatic nitrogens is 1. The molecule has 1 fully saturated rings. The first-order chi connectivity index (χ1) is 14.9. The largest absolute Gasteiger partial charge is 0.493 e. The van der Waals surface area contributed by atoms with Crippen LogP contribution in [0, 0.1) is 0 Å². The van der Waals surface area contributed by atoms with Gasteiger partial charge in [0.25, 0.3) is 5.91 Å². The van der Waals surface area contributed by atoms with E-state index >= 15 is 0 Å². The van der Waals surface area contributed by atoms with Gasteiger partial charge in [0.05, 0.1) is 20.0 Å². The maximum Gasteiger partial charge on any atom is 0.251 e. The zero-order valence-electron chi connectivity index (χ0n) is 17.8. The van der Waals surface area contributed by atoms with Crippen LogP contribution in [-0.4, -0.2) is 76.3 Å². The molecule has 0 bridgehead atoms. The molecule has 1 aromatic heterocycles. The fourth-order valence-electron chi connectivity index (χ4n) is 3.40. The van der Waals surface area contributed by atoms with Crippen molar-refractivity contribution < 1.29 is 22.7 Å². The number of benzene rings is 1. The summed E-state index contributed by atoms with van der Waals surface area (Å²) in [6, 6.07) is 10.6. The van der Waals surface area contributed by atoms with Gasteiger partial charge in [0.2, 0.25) is 10.0 Å². The van der Waals surface area contributed by atoms with Crippen molar-refractivity contribution in [1.82, 2.24) is 14.6 Å². The van der Waals surface area contributed by atoms with Crippen LogP contribution in [0.15, 0.2) is 42.6 Å². The molecular formula is C21H28N4O5S. The van der Waals surface area contributed by atoms with Crippen LogP contribution in [0.25, 0.3) is 0 Å². The molecule has 168 valence electrons. The van der Waals surface area contributed by atoms with E-state index in [9.17, 15) is 13.2 Å². The first kappa shape index (κ1) is 22.8. The molecule has 10 heteroatoms. The third-order valence-electron chi connectivity index (χ3n) is 5.12. The quantitative estimate of drug-likeness (QED) is 0.578. The minimum atomic E-state index is -3.37. The molecule has 1 aliphatic heterocycles. The number of pyridine rings is 1. The number of methoxy groups -OCH3 is 2. The summed E-state index contributed by atoms with van der Waals surface area (Å²) < 4.78 is 37.2. The zero-order valence-corrected chi connectivity index (χ0v) is 18.6. The summed E-state index contributed by atoms with van der Waals surface area (Å²) >= 11 is 0. The average Bonchev–Trinajstić information content (AvgIpc) is 2.81. The lowest BCUT2D eigenvalue weighted by molar-refractivity contribution is 0.0953. The molecule has 9 nitrogen and oxygen atoms in total. The van der Waals surface area contributed by atoms with Crippen LogP contribution in [0.1, 0.15) is 16.8 Å². The van der Waals surface area contributed by atoms with E-state index in [2.05, 4.69) is 15.2 Å². The molecule has 0 saturated carbocycles. The molecule has 2 heterocycles. The minimum absolute atomic E-state index is 0.0111. The number of rotatable bonds is 9. The maximum absolute atomic E-state index is 12.6. The van der Waals surface area contributed by atoms with Crippen molar-refractivity contribution in [3.8, 4) is 11.5 Å². The Morgan fingerprint density at radius 2 is 1.81 bits per heavy atom. The third kappa shape index (κ3) is 5.86. The van der Waals surface area contributed by atoms with Crippen molar-refractivity contribution in [2.75, 3.05) is 57.6 Å². The first-order valence-electron chi connectivity index (χ1n) is 10.1. The van der Waals surface area contributed by atoms with Gasteiger partial charge < -0.3 is 19.7 Å². The summed E-state index contributed by atoms with van der Waals surface area (Å²) in [6.45, 7) is 2.33. The van der Waals surface area contributed by atoms with Crippen molar-refractivity contribution in [2.24, 2.45) is 0 Å². The number of carbonyl (C=O) groups is 1. The number of nitrogens with one attached hydrogen (secondary N) is 1. The first-order valence-corrected chi connectivity index (χ1v) is 11.7. The number of sulfonamides is 1. The number of nitrogens with zero attached hydrogens (tertiary/aromatic N) is 3. The number of hydrogen-bond donors (Lipinski definition) is 1. The number of anilines is 1. The molecular weight excluding hydrogens is 420 g/mol. The van der Waals surface area contributed by atoms with Gasteiger partial charge in [-0.15, -0.1) is 0 Å². The van der Waals surface area contributed by atoms with Gasteiger partial charge in [0.15, 0.2) is 11.5 Å². The Kier molecular flexibility index (Phi) is 7.69. The second-order valence-electron chi connectivity index (χ2n) is 7.07. The Morgan fingerprint density at radius 1 is 1.06 bits per heavy atom. The van der Waals surface area contributed by atoms with Gasteiger partial charge in [-0.05, 0) is 36.8 Å². The fraction of sp³-hybridized carbons (Fsp3) is 0.429. The van der Waals surface area contributed by atoms with Crippen LogP contribution in [0.5, 0.6) is 11.5 Å². The van der Waals surface area contributed by atoms with Crippen LogP contribution in [0.2, 0.25) is 0 Å². The van der Waals surface area contributed by atoms with Gasteiger partial charge in [-0.3, -0.25) is 4.79 Å². The highest BCUT2D eigenvalue weighted by Gasteiger charge is 2.27. The molecule has 2 aromatic rings. The SMILES string of the molecule is COc1ccc(C(=O)NCCCS(=O)(=O)N2CCN(c3ccccn3)CC2)cc1OC. The Morgan fingerprint density at radius 3 is 2.45 bits per heavy atom. The summed E-state index contributed by atoms with van der Waals surface area (Å²) in [5, 5.41) is 2.76. The highest BCUT2D eigenvalue weighted by Crippen LogP contribution is 2.27. The normalized spacial score (nSPS) is 14.8. The van der Waals surface area contributed by atoms with E-state index in [-0.39, 0.29) is 18.2 Å². The van der Waals surface area contributed by atoms with E-state index in [0.29, 0.717) is 49.7 Å². The second-order valence-corrected chi connectivity index (χ2v) is 9.16. The lowest BCUT2D eigenvalue weighted by Crippen LogP contribution is -2.49. The average molecular weight is 449 g/mol. The van der Waals surface area contributed by atoms with Crippen LogP contribution >= 0.6 is 0 Å². The summed E-state index contributed by atoms with van der Waals surface area (Å²) in [4.78, 5) is 18.7. The van der Waals surface area contributed by atoms with Crippen LogP contribution < -0.4 is 19.7 Å². The van der Waals surface area contributed by atoms with Gasteiger partial charge >= 0.3 is 0 Å². The predicted molar refractivity (Wildman–Crippen MR) is 118 cm³/mol. The Balaban J connectivity index is 1.44. The molecule has 0 spiro atoms. The Labute approximate surface area is 183 Å². The summed E-state index contributed by atoms with van der Waals surface area (Å²) in [6.07, 6.45) is 2.07. The van der Waals surface area contributed by atoms with Gasteiger partial charge in [-0.2, -0.15) is 4.31 Å². The van der Waals surface area contributed by atoms with Crippen LogP contribution in [0.4, 0.5) is 5.82 Å². The number of piperazine rings is 1. The topological polar surface area (TPSA) is 101 Å².